The number of hydrogen-bond donors (Lipinski definition) is 0. The summed E-state index contributed by atoms with van der Waals surface area (Å²) in [5.41, 5.74) is 27.5. The van der Waals surface area contributed by atoms with Gasteiger partial charge in [-0.3, -0.25) is 0 Å². The van der Waals surface area contributed by atoms with Gasteiger partial charge in [0.1, 0.15) is 35.2 Å². The Morgan fingerprint density at radius 3 is 1.04 bits per heavy atom. The molecule has 5 nitrogen and oxygen atoms in total. The van der Waals surface area contributed by atoms with Crippen molar-refractivity contribution in [1.82, 2.24) is 0 Å². The van der Waals surface area contributed by atoms with E-state index >= 15 is 0 Å². The van der Waals surface area contributed by atoms with Gasteiger partial charge in [0.25, 0.3) is 0 Å². The molecule has 0 unspecified atom stereocenters. The van der Waals surface area contributed by atoms with Crippen molar-refractivity contribution < 1.29 is 48.9 Å². The van der Waals surface area contributed by atoms with Gasteiger partial charge in [-0.2, -0.15) is 0 Å². The number of aryl methyl sites for hydroxylation is 25. The SMILES string of the molecule is CCc1c[n+](C)c(-c2ccc(C)cc2C)cc1C.Cc1ccc(-c2cc3c(c[n+]2C)CCCC3)c(C)c1.[2H]C([2H])([2H])c1cc(-c2ccc(C)cc2C)[n+](C)cc1C([2H])([2H])C.[2H]C([2H])([2H])c1ccc(-c2cc3c(c[n+]2C)C([2H])([2H])CC3([2H])[2H])c(C)c1.[2H]C([2H])([2H])c1ccc(-c2cc3c(c[n+]2C)C([2H])([2H])CCC3([2H])[2H])c(C)c1. The molecule has 3 aliphatic rings. The van der Waals surface area contributed by atoms with Crippen LogP contribution in [0.15, 0.2) is 152 Å². The van der Waals surface area contributed by atoms with Crippen LogP contribution in [-0.4, -0.2) is 0 Å². The van der Waals surface area contributed by atoms with Gasteiger partial charge < -0.3 is 0 Å². The molecule has 92 heavy (non-hydrogen) atoms. The van der Waals surface area contributed by atoms with Crippen LogP contribution < -0.4 is 22.8 Å². The number of fused-ring (bicyclic) bond motifs is 3. The molecule has 5 aromatic heterocycles. The second kappa shape index (κ2) is 30.5. The molecule has 5 heteroatoms. The van der Waals surface area contributed by atoms with Crippen LogP contribution in [0.25, 0.3) is 56.3 Å². The third-order valence-electron chi connectivity index (χ3n) is 17.9. The van der Waals surface area contributed by atoms with Crippen LogP contribution in [0, 0.1) is 82.9 Å². The minimum Gasteiger partial charge on any atom is -0.201 e. The van der Waals surface area contributed by atoms with Crippen molar-refractivity contribution in [3.8, 4) is 56.3 Å². The molecule has 0 saturated carbocycles. The molecule has 476 valence electrons. The fraction of sp³-hybridized carbons (Fsp3) is 0.368. The fourth-order valence-electron chi connectivity index (χ4n) is 12.9. The Morgan fingerprint density at radius 2 is 0.641 bits per heavy atom. The highest BCUT2D eigenvalue weighted by Crippen LogP contribution is 2.31. The maximum atomic E-state index is 8.30. The second-order valence-electron chi connectivity index (χ2n) is 25.3. The topological polar surface area (TPSA) is 19.4 Å². The van der Waals surface area contributed by atoms with Crippen molar-refractivity contribution in [2.75, 3.05) is 0 Å². The predicted octanol–water partition coefficient (Wildman–Crippen LogP) is 18.0. The summed E-state index contributed by atoms with van der Waals surface area (Å²) in [5.74, 6) is 0. The van der Waals surface area contributed by atoms with E-state index in [0.717, 1.165) is 62.4 Å². The minimum atomic E-state index is -2.36. The summed E-state index contributed by atoms with van der Waals surface area (Å²) < 4.78 is 160. The Labute approximate surface area is 581 Å². The fourth-order valence-corrected chi connectivity index (χ4v) is 12.9. The molecular weight excluding hydrogens is 1110 g/mol. The van der Waals surface area contributed by atoms with Gasteiger partial charge in [0, 0.05) is 112 Å². The Morgan fingerprint density at radius 1 is 0.315 bits per heavy atom. The molecule has 0 atom stereocenters. The molecule has 10 aromatic rings. The van der Waals surface area contributed by atoms with E-state index in [4.69, 9.17) is 26.0 Å². The van der Waals surface area contributed by atoms with E-state index in [1.165, 1.54) is 88.5 Å². The number of nitrogens with zero attached hydrogens (tertiary/aromatic N) is 5. The summed E-state index contributed by atoms with van der Waals surface area (Å²) in [5, 5.41) is 0. The Hall–Kier alpha value is -8.15. The van der Waals surface area contributed by atoms with Gasteiger partial charge in [-0.05, 0) is 252 Å². The summed E-state index contributed by atoms with van der Waals surface area (Å²) in [6, 6.07) is 39.0. The minimum absolute atomic E-state index is 0.0677. The summed E-state index contributed by atoms with van der Waals surface area (Å²) >= 11 is 0. The van der Waals surface area contributed by atoms with Crippen LogP contribution in [0.4, 0.5) is 0 Å². The van der Waals surface area contributed by atoms with Gasteiger partial charge in [-0.25, -0.2) is 22.8 Å². The molecule has 0 radical (unpaired) electrons. The van der Waals surface area contributed by atoms with Crippen LogP contribution in [0.1, 0.15) is 183 Å². The highest BCUT2D eigenvalue weighted by Gasteiger charge is 2.24. The first kappa shape index (κ1) is 46.8. The molecule has 3 aliphatic carbocycles. The highest BCUT2D eigenvalue weighted by molar-refractivity contribution is 5.66. The quantitative estimate of drug-likeness (QED) is 0.142. The molecule has 0 aliphatic heterocycles. The first-order valence-electron chi connectivity index (χ1n) is 41.8. The van der Waals surface area contributed by atoms with E-state index in [-0.39, 0.29) is 41.5 Å². The smallest absolute Gasteiger partial charge is 0.201 e. The summed E-state index contributed by atoms with van der Waals surface area (Å²) in [6.07, 6.45) is 7.56. The Balaban J connectivity index is 0.000000160. The van der Waals surface area contributed by atoms with E-state index < -0.39 is 52.4 Å². The average Bonchev–Trinajstić information content (AvgIpc) is 1.73. The number of pyridine rings is 5. The van der Waals surface area contributed by atoms with Crippen molar-refractivity contribution in [3.63, 3.8) is 0 Å². The lowest BCUT2D eigenvalue weighted by Crippen LogP contribution is -2.32. The van der Waals surface area contributed by atoms with E-state index in [2.05, 4.69) is 132 Å². The van der Waals surface area contributed by atoms with Crippen molar-refractivity contribution >= 4 is 0 Å². The summed E-state index contributed by atoms with van der Waals surface area (Å²) in [6.45, 7) is 15.4. The Kier molecular flexibility index (Phi) is 15.5. The number of benzene rings is 5. The number of hydrogen-bond acceptors (Lipinski definition) is 0. The molecule has 0 bridgehead atoms. The second-order valence-corrected chi connectivity index (χ2v) is 25.3. The van der Waals surface area contributed by atoms with E-state index in [9.17, 15) is 0 Å². The van der Waals surface area contributed by atoms with E-state index in [0.29, 0.717) is 22.3 Å². The lowest BCUT2D eigenvalue weighted by Gasteiger charge is -2.15. The molecule has 0 amide bonds. The molecular formula is C87H108N5+5. The molecule has 0 N–H and O–H groups in total. The molecule has 0 fully saturated rings. The van der Waals surface area contributed by atoms with Gasteiger partial charge in [-0.1, -0.05) is 102 Å². The zero-order chi connectivity index (χ0) is 82.5. The highest BCUT2D eigenvalue weighted by atomic mass is 14.9. The standard InChI is InChI=1S/2C18H22N.C17H20N.2C17H22N/c2*1-13-8-9-17(14(2)10-13)18-11-15-6-4-5-7-16(15)12-19(18)3;1-12-7-8-16(13(2)9-12)17-10-14-5-4-6-15(14)11-18(17)3;2*1-6-15-11-18(5)17(10-13(15)3)16-8-7-12(2)9-14(16)4/h2*8-12H,4-7H2,1-3H3;7-11H,4-6H2,1-3H3;2*7-11H,6H2,1-5H3/q5*+1/i1D3,6D2,7D2;;1D3,5D2,6D2;3D3,6D2;. The normalized spacial score (nSPS) is 18.6. The van der Waals surface area contributed by atoms with Crippen molar-refractivity contribution in [3.05, 3.63) is 264 Å². The molecule has 0 spiro atoms. The monoisotopic (exact) mass is 1240 g/mol. The largest absolute Gasteiger partial charge is 0.212 e. The first-order valence-corrected chi connectivity index (χ1v) is 32.3. The zero-order valence-corrected chi connectivity index (χ0v) is 57.3. The van der Waals surface area contributed by atoms with Gasteiger partial charge in [0.15, 0.2) is 31.0 Å². The van der Waals surface area contributed by atoms with Crippen LogP contribution >= 0.6 is 0 Å². The molecule has 13 rings (SSSR count). The number of aromatic nitrogens is 5. The first-order chi connectivity index (χ1) is 51.2. The lowest BCUT2D eigenvalue weighted by atomic mass is 9.91. The van der Waals surface area contributed by atoms with Crippen LogP contribution in [0.2, 0.25) is 0 Å². The van der Waals surface area contributed by atoms with Gasteiger partial charge in [0.2, 0.25) is 28.5 Å². The van der Waals surface area contributed by atoms with Crippen LogP contribution in [-0.2, 0) is 86.4 Å². The number of rotatable bonds is 7. The maximum absolute atomic E-state index is 8.30. The Bertz CT molecular complexity index is 5160. The molecule has 0 saturated heterocycles. The molecule has 5 heterocycles. The van der Waals surface area contributed by atoms with Gasteiger partial charge in [-0.15, -0.1) is 0 Å². The van der Waals surface area contributed by atoms with Crippen molar-refractivity contribution in [2.45, 2.75) is 180 Å². The third kappa shape index (κ3) is 16.4. The van der Waals surface area contributed by atoms with E-state index in [1.54, 1.807) is 112 Å². The summed E-state index contributed by atoms with van der Waals surface area (Å²) in [7, 11) is 9.70. The van der Waals surface area contributed by atoms with Gasteiger partial charge in [0.05, 0.1) is 0 Å². The predicted molar refractivity (Wildman–Crippen MR) is 386 cm³/mol. The van der Waals surface area contributed by atoms with Gasteiger partial charge >= 0.3 is 0 Å². The molecule has 5 aromatic carbocycles. The average molecular weight is 1240 g/mol. The third-order valence-corrected chi connectivity index (χ3v) is 17.9. The maximum Gasteiger partial charge on any atom is 0.212 e. The van der Waals surface area contributed by atoms with Crippen LogP contribution in [0.3, 0.4) is 0 Å². The van der Waals surface area contributed by atoms with Crippen LogP contribution in [0.5, 0.6) is 0 Å². The zero-order valence-electron chi connectivity index (χ0n) is 76.3. The lowest BCUT2D eigenvalue weighted by molar-refractivity contribution is -0.661. The van der Waals surface area contributed by atoms with E-state index in [1.807, 2.05) is 46.9 Å². The van der Waals surface area contributed by atoms with Crippen molar-refractivity contribution in [2.24, 2.45) is 35.2 Å². The summed E-state index contributed by atoms with van der Waals surface area (Å²) in [4.78, 5) is 0. The van der Waals surface area contributed by atoms with Crippen molar-refractivity contribution in [1.29, 1.82) is 0 Å².